The highest BCUT2D eigenvalue weighted by molar-refractivity contribution is 7.12. The first kappa shape index (κ1) is 21.4. The van der Waals surface area contributed by atoms with Gasteiger partial charge in [0, 0.05) is 42.5 Å². The van der Waals surface area contributed by atoms with Crippen molar-refractivity contribution in [1.29, 1.82) is 0 Å². The molecule has 0 atom stereocenters. The van der Waals surface area contributed by atoms with Crippen LogP contribution in [0.5, 0.6) is 0 Å². The molecule has 2 aliphatic rings. The van der Waals surface area contributed by atoms with Crippen LogP contribution >= 0.6 is 11.3 Å². The fourth-order valence-corrected chi connectivity index (χ4v) is 5.24. The second-order valence-corrected chi connectivity index (χ2v) is 9.39. The van der Waals surface area contributed by atoms with Crippen molar-refractivity contribution >= 4 is 40.4 Å². The van der Waals surface area contributed by atoms with Crippen molar-refractivity contribution in [1.82, 2.24) is 4.90 Å². The third-order valence-corrected chi connectivity index (χ3v) is 7.27. The molecule has 0 saturated carbocycles. The van der Waals surface area contributed by atoms with E-state index in [9.17, 15) is 14.4 Å². The number of rotatable bonds is 4. The van der Waals surface area contributed by atoms with E-state index in [1.807, 2.05) is 45.5 Å². The molecule has 3 heterocycles. The van der Waals surface area contributed by atoms with Crippen LogP contribution in [0.4, 0.5) is 11.4 Å². The smallest absolute Gasteiger partial charge is 0.263 e. The molecule has 3 amide bonds. The molecule has 0 radical (unpaired) electrons. The van der Waals surface area contributed by atoms with Crippen molar-refractivity contribution in [3.63, 3.8) is 0 Å². The van der Waals surface area contributed by atoms with Gasteiger partial charge < -0.3 is 15.1 Å². The number of piperidine rings is 1. The Morgan fingerprint density at radius 3 is 2.33 bits per heavy atom. The fraction of sp³-hybridized carbons (Fsp3) is 0.269. The number of benzene rings is 2. The number of hydrogen-bond donors (Lipinski definition) is 1. The van der Waals surface area contributed by atoms with Gasteiger partial charge in [0.15, 0.2) is 0 Å². The third kappa shape index (κ3) is 4.41. The number of nitrogens with zero attached hydrogens (tertiary/aromatic N) is 2. The summed E-state index contributed by atoms with van der Waals surface area (Å²) in [5, 5.41) is 4.87. The van der Waals surface area contributed by atoms with Crippen LogP contribution in [0.3, 0.4) is 0 Å². The van der Waals surface area contributed by atoms with Crippen LogP contribution in [0.1, 0.15) is 38.4 Å². The number of fused-ring (bicyclic) bond motifs is 1. The van der Waals surface area contributed by atoms with Crippen LogP contribution in [0.15, 0.2) is 66.0 Å². The number of carbonyl (C=O) groups excluding carboxylic acids is 3. The molecule has 2 aliphatic heterocycles. The fourth-order valence-electron chi connectivity index (χ4n) is 4.55. The van der Waals surface area contributed by atoms with E-state index >= 15 is 0 Å². The Hall–Kier alpha value is -3.45. The first-order valence-corrected chi connectivity index (χ1v) is 12.1. The molecule has 1 saturated heterocycles. The quantitative estimate of drug-likeness (QED) is 0.627. The summed E-state index contributed by atoms with van der Waals surface area (Å²) in [4.78, 5) is 42.6. The lowest BCUT2D eigenvalue weighted by Gasteiger charge is -2.31. The number of likely N-dealkylation sites (tertiary alicyclic amines) is 1. The zero-order valence-corrected chi connectivity index (χ0v) is 19.0. The molecule has 7 heteroatoms. The summed E-state index contributed by atoms with van der Waals surface area (Å²) in [6.45, 7) is 1.85. The summed E-state index contributed by atoms with van der Waals surface area (Å²) in [6.07, 6.45) is 2.16. The van der Waals surface area contributed by atoms with Gasteiger partial charge in [-0.3, -0.25) is 14.4 Å². The van der Waals surface area contributed by atoms with Crippen molar-refractivity contribution in [2.75, 3.05) is 29.9 Å². The van der Waals surface area contributed by atoms with Crippen LogP contribution in [-0.4, -0.2) is 42.3 Å². The highest BCUT2D eigenvalue weighted by Gasteiger charge is 2.28. The summed E-state index contributed by atoms with van der Waals surface area (Å²) in [7, 11) is 0. The second kappa shape index (κ2) is 9.19. The van der Waals surface area contributed by atoms with Gasteiger partial charge in [-0.2, -0.15) is 0 Å². The van der Waals surface area contributed by atoms with Gasteiger partial charge in [-0.15, -0.1) is 11.3 Å². The maximum Gasteiger partial charge on any atom is 0.263 e. The molecular formula is C26H25N3O3S. The first-order chi connectivity index (χ1) is 16.1. The molecule has 0 aliphatic carbocycles. The molecule has 1 N–H and O–H groups in total. The third-order valence-electron chi connectivity index (χ3n) is 6.42. The number of nitrogens with one attached hydrogen (secondary N) is 1. The predicted molar refractivity (Wildman–Crippen MR) is 130 cm³/mol. The molecule has 0 bridgehead atoms. The van der Waals surface area contributed by atoms with Gasteiger partial charge in [-0.1, -0.05) is 24.3 Å². The van der Waals surface area contributed by atoms with Crippen molar-refractivity contribution in [2.24, 2.45) is 5.92 Å². The molecule has 168 valence electrons. The van der Waals surface area contributed by atoms with Crippen LogP contribution in [-0.2, 0) is 11.2 Å². The highest BCUT2D eigenvalue weighted by Crippen LogP contribution is 2.29. The molecule has 1 aromatic heterocycles. The molecule has 1 fully saturated rings. The second-order valence-electron chi connectivity index (χ2n) is 8.45. The van der Waals surface area contributed by atoms with E-state index in [0.717, 1.165) is 17.0 Å². The van der Waals surface area contributed by atoms with E-state index in [1.165, 1.54) is 16.9 Å². The molecule has 5 rings (SSSR count). The van der Waals surface area contributed by atoms with Crippen molar-refractivity contribution in [3.8, 4) is 0 Å². The van der Waals surface area contributed by atoms with Crippen LogP contribution in [0, 0.1) is 5.92 Å². The summed E-state index contributed by atoms with van der Waals surface area (Å²) in [5.41, 5.74) is 3.45. The van der Waals surface area contributed by atoms with Gasteiger partial charge in [0.2, 0.25) is 5.91 Å². The van der Waals surface area contributed by atoms with Gasteiger partial charge in [0.05, 0.1) is 4.88 Å². The Labute approximate surface area is 196 Å². The van der Waals surface area contributed by atoms with Crippen molar-refractivity contribution in [2.45, 2.75) is 19.3 Å². The SMILES string of the molecule is O=C(Nc1ccc(C(=O)N2CCc3ccccc32)cc1)C1CCN(C(=O)c2cccs2)CC1. The minimum atomic E-state index is -0.125. The molecule has 3 aromatic rings. The Bertz CT molecular complexity index is 1170. The highest BCUT2D eigenvalue weighted by atomic mass is 32.1. The Morgan fingerprint density at radius 1 is 0.848 bits per heavy atom. The molecular weight excluding hydrogens is 434 g/mol. The average molecular weight is 460 g/mol. The van der Waals surface area contributed by atoms with Gasteiger partial charge in [0.25, 0.3) is 11.8 Å². The van der Waals surface area contributed by atoms with Gasteiger partial charge >= 0.3 is 0 Å². The van der Waals surface area contributed by atoms with Gasteiger partial charge in [0.1, 0.15) is 0 Å². The van der Waals surface area contributed by atoms with Crippen molar-refractivity contribution in [3.05, 3.63) is 82.0 Å². The Morgan fingerprint density at radius 2 is 1.61 bits per heavy atom. The molecule has 2 aromatic carbocycles. The summed E-state index contributed by atoms with van der Waals surface area (Å²) >= 11 is 1.44. The van der Waals surface area contributed by atoms with E-state index < -0.39 is 0 Å². The zero-order valence-electron chi connectivity index (χ0n) is 18.2. The molecule has 33 heavy (non-hydrogen) atoms. The van der Waals surface area contributed by atoms with E-state index in [2.05, 4.69) is 11.4 Å². The first-order valence-electron chi connectivity index (χ1n) is 11.2. The topological polar surface area (TPSA) is 69.7 Å². The lowest BCUT2D eigenvalue weighted by molar-refractivity contribution is -0.121. The number of amides is 3. The van der Waals surface area contributed by atoms with Gasteiger partial charge in [-0.05, 0) is 66.6 Å². The van der Waals surface area contributed by atoms with Crippen molar-refractivity contribution < 1.29 is 14.4 Å². The summed E-state index contributed by atoms with van der Waals surface area (Å²) in [6, 6.07) is 18.8. The summed E-state index contributed by atoms with van der Waals surface area (Å²) < 4.78 is 0. The monoisotopic (exact) mass is 459 g/mol. The maximum absolute atomic E-state index is 13.0. The van der Waals surface area contributed by atoms with Crippen LogP contribution in [0.2, 0.25) is 0 Å². The standard InChI is InChI=1S/C26H25N3O3S/c30-24(19-11-14-28(15-12-19)26(32)23-6-3-17-33-23)27-21-9-7-20(8-10-21)25(31)29-16-13-18-4-1-2-5-22(18)29/h1-10,17,19H,11-16H2,(H,27,30). The van der Waals surface area contributed by atoms with Gasteiger partial charge in [-0.25, -0.2) is 0 Å². The van der Waals surface area contributed by atoms with Crippen LogP contribution < -0.4 is 10.2 Å². The normalized spacial score (nSPS) is 15.9. The Balaban J connectivity index is 1.16. The maximum atomic E-state index is 13.0. The van der Waals surface area contributed by atoms with E-state index in [4.69, 9.17) is 0 Å². The van der Waals surface area contributed by atoms with Crippen LogP contribution in [0.25, 0.3) is 0 Å². The minimum absolute atomic E-state index is 0.0272. The minimum Gasteiger partial charge on any atom is -0.338 e. The zero-order chi connectivity index (χ0) is 22.8. The number of hydrogen-bond acceptors (Lipinski definition) is 4. The number of thiophene rings is 1. The molecule has 0 spiro atoms. The number of anilines is 2. The van der Waals surface area contributed by atoms with E-state index in [-0.39, 0.29) is 23.6 Å². The largest absolute Gasteiger partial charge is 0.338 e. The Kier molecular flexibility index (Phi) is 5.96. The molecule has 0 unspecified atom stereocenters. The lowest BCUT2D eigenvalue weighted by Crippen LogP contribution is -2.41. The lowest BCUT2D eigenvalue weighted by atomic mass is 9.95. The van der Waals surface area contributed by atoms with E-state index in [1.54, 1.807) is 24.3 Å². The average Bonchev–Trinajstić information content (AvgIpc) is 3.54. The number of carbonyl (C=O) groups is 3. The predicted octanol–water partition coefficient (Wildman–Crippen LogP) is 4.44. The molecule has 6 nitrogen and oxygen atoms in total. The van der Waals surface area contributed by atoms with E-state index in [0.29, 0.717) is 43.7 Å². The number of para-hydroxylation sites is 1. The summed E-state index contributed by atoms with van der Waals surface area (Å²) in [5.74, 6) is -0.143.